The molecule has 0 saturated carbocycles. The standard InChI is InChI=1S/C25H26F3N3O3/c1-33-20-8-4-7-18(14-20)24(32)31(16-21-9-5-13-34-21)17-23-29-11-12-30(23)15-19-6-2-3-10-22(19)25(26,27)28/h2-4,6-8,10-12,14,21H,5,9,13,15-17H2,1H3. The lowest BCUT2D eigenvalue weighted by atomic mass is 10.1. The Morgan fingerprint density at radius 1 is 1.24 bits per heavy atom. The second-order valence-electron chi connectivity index (χ2n) is 8.18. The molecule has 1 fully saturated rings. The van der Waals surface area contributed by atoms with Crippen LogP contribution in [0.5, 0.6) is 5.75 Å². The lowest BCUT2D eigenvalue weighted by Crippen LogP contribution is -2.37. The zero-order valence-electron chi connectivity index (χ0n) is 18.8. The second kappa shape index (κ2) is 10.3. The summed E-state index contributed by atoms with van der Waals surface area (Å²) < 4.78 is 53.0. The molecule has 2 aromatic carbocycles. The molecule has 180 valence electrons. The SMILES string of the molecule is COc1cccc(C(=O)N(Cc2nccn2Cc2ccccc2C(F)(F)F)CC2CCCO2)c1. The number of benzene rings is 2. The van der Waals surface area contributed by atoms with Gasteiger partial charge in [0.15, 0.2) is 0 Å². The van der Waals surface area contributed by atoms with Crippen LogP contribution >= 0.6 is 0 Å². The minimum absolute atomic E-state index is 0.00780. The van der Waals surface area contributed by atoms with Crippen molar-refractivity contribution in [3.05, 3.63) is 83.4 Å². The van der Waals surface area contributed by atoms with Gasteiger partial charge in [0, 0.05) is 37.7 Å². The normalized spacial score (nSPS) is 15.9. The maximum absolute atomic E-state index is 13.5. The maximum Gasteiger partial charge on any atom is 0.416 e. The number of ether oxygens (including phenoxy) is 2. The Kier molecular flexibility index (Phi) is 7.21. The Hall–Kier alpha value is -3.33. The summed E-state index contributed by atoms with van der Waals surface area (Å²) in [4.78, 5) is 19.4. The fourth-order valence-electron chi connectivity index (χ4n) is 4.12. The van der Waals surface area contributed by atoms with E-state index in [0.717, 1.165) is 18.9 Å². The number of halogens is 3. The Labute approximate surface area is 195 Å². The van der Waals surface area contributed by atoms with Crippen LogP contribution in [-0.2, 0) is 24.0 Å². The van der Waals surface area contributed by atoms with E-state index < -0.39 is 11.7 Å². The second-order valence-corrected chi connectivity index (χ2v) is 8.18. The molecule has 1 aliphatic rings. The van der Waals surface area contributed by atoms with Crippen LogP contribution in [0.2, 0.25) is 0 Å². The summed E-state index contributed by atoms with van der Waals surface area (Å²) >= 11 is 0. The molecular weight excluding hydrogens is 447 g/mol. The van der Waals surface area contributed by atoms with Crippen LogP contribution < -0.4 is 4.74 Å². The molecule has 6 nitrogen and oxygen atoms in total. The molecule has 0 spiro atoms. The summed E-state index contributed by atoms with van der Waals surface area (Å²) in [5.41, 5.74) is -0.0877. The zero-order valence-corrected chi connectivity index (χ0v) is 18.8. The van der Waals surface area contributed by atoms with Gasteiger partial charge >= 0.3 is 6.18 Å². The number of nitrogens with zero attached hydrogens (tertiary/aromatic N) is 3. The molecule has 2 heterocycles. The van der Waals surface area contributed by atoms with E-state index in [0.29, 0.717) is 30.3 Å². The molecule has 1 aliphatic heterocycles. The number of carbonyl (C=O) groups excluding carboxylic acids is 1. The molecule has 3 aromatic rings. The molecule has 0 N–H and O–H groups in total. The molecule has 1 aromatic heterocycles. The monoisotopic (exact) mass is 473 g/mol. The lowest BCUT2D eigenvalue weighted by molar-refractivity contribution is -0.138. The van der Waals surface area contributed by atoms with Crippen molar-refractivity contribution < 1.29 is 27.4 Å². The van der Waals surface area contributed by atoms with Gasteiger partial charge < -0.3 is 18.9 Å². The van der Waals surface area contributed by atoms with Gasteiger partial charge in [0.2, 0.25) is 0 Å². The molecule has 34 heavy (non-hydrogen) atoms. The van der Waals surface area contributed by atoms with E-state index in [1.54, 1.807) is 46.0 Å². The first kappa shape index (κ1) is 23.8. The maximum atomic E-state index is 13.5. The lowest BCUT2D eigenvalue weighted by Gasteiger charge is -2.26. The van der Waals surface area contributed by atoms with Crippen molar-refractivity contribution in [2.45, 2.75) is 38.2 Å². The van der Waals surface area contributed by atoms with Crippen LogP contribution in [-0.4, -0.2) is 46.7 Å². The van der Waals surface area contributed by atoms with E-state index >= 15 is 0 Å². The Morgan fingerprint density at radius 3 is 2.79 bits per heavy atom. The van der Waals surface area contributed by atoms with E-state index in [-0.39, 0.29) is 30.7 Å². The van der Waals surface area contributed by atoms with Crippen LogP contribution in [0.1, 0.15) is 40.2 Å². The molecule has 1 atom stereocenters. The molecule has 9 heteroatoms. The van der Waals surface area contributed by atoms with E-state index in [4.69, 9.17) is 9.47 Å². The van der Waals surface area contributed by atoms with Crippen molar-refractivity contribution in [3.63, 3.8) is 0 Å². The van der Waals surface area contributed by atoms with Gasteiger partial charge in [-0.3, -0.25) is 4.79 Å². The van der Waals surface area contributed by atoms with E-state index in [9.17, 15) is 18.0 Å². The summed E-state index contributed by atoms with van der Waals surface area (Å²) in [6.45, 7) is 1.14. The summed E-state index contributed by atoms with van der Waals surface area (Å²) in [7, 11) is 1.53. The third-order valence-corrected chi connectivity index (χ3v) is 5.85. The average Bonchev–Trinajstić information content (AvgIpc) is 3.50. The zero-order chi connectivity index (χ0) is 24.1. The van der Waals surface area contributed by atoms with Gasteiger partial charge in [0.1, 0.15) is 11.6 Å². The van der Waals surface area contributed by atoms with Crippen LogP contribution in [0.15, 0.2) is 60.9 Å². The van der Waals surface area contributed by atoms with Crippen molar-refractivity contribution in [2.75, 3.05) is 20.3 Å². The molecule has 0 radical (unpaired) electrons. The van der Waals surface area contributed by atoms with E-state index in [1.807, 2.05) is 0 Å². The third-order valence-electron chi connectivity index (χ3n) is 5.85. The number of aromatic nitrogens is 2. The predicted molar refractivity (Wildman–Crippen MR) is 119 cm³/mol. The van der Waals surface area contributed by atoms with Crippen molar-refractivity contribution in [2.24, 2.45) is 0 Å². The fraction of sp³-hybridized carbons (Fsp3) is 0.360. The van der Waals surface area contributed by atoms with Gasteiger partial charge in [-0.2, -0.15) is 13.2 Å². The topological polar surface area (TPSA) is 56.6 Å². The highest BCUT2D eigenvalue weighted by molar-refractivity contribution is 5.94. The molecule has 1 amide bonds. The highest BCUT2D eigenvalue weighted by atomic mass is 19.4. The highest BCUT2D eigenvalue weighted by Gasteiger charge is 2.33. The molecule has 0 aliphatic carbocycles. The number of carbonyl (C=O) groups is 1. The quantitative estimate of drug-likeness (QED) is 0.473. The molecule has 4 rings (SSSR count). The van der Waals surface area contributed by atoms with Crippen molar-refractivity contribution in [1.29, 1.82) is 0 Å². The molecular formula is C25H26F3N3O3. The molecule has 1 saturated heterocycles. The Morgan fingerprint density at radius 2 is 2.06 bits per heavy atom. The van der Waals surface area contributed by atoms with Crippen molar-refractivity contribution >= 4 is 5.91 Å². The first-order valence-corrected chi connectivity index (χ1v) is 11.0. The van der Waals surface area contributed by atoms with Gasteiger partial charge in [0.05, 0.1) is 25.3 Å². The summed E-state index contributed by atoms with van der Waals surface area (Å²) in [5, 5.41) is 0. The Balaban J connectivity index is 1.59. The average molecular weight is 473 g/mol. The number of rotatable bonds is 8. The fourth-order valence-corrected chi connectivity index (χ4v) is 4.12. The summed E-state index contributed by atoms with van der Waals surface area (Å²) in [5.74, 6) is 0.832. The van der Waals surface area contributed by atoms with Gasteiger partial charge in [-0.15, -0.1) is 0 Å². The minimum Gasteiger partial charge on any atom is -0.497 e. The third kappa shape index (κ3) is 5.59. The van der Waals surface area contributed by atoms with Crippen LogP contribution in [0.4, 0.5) is 13.2 Å². The minimum atomic E-state index is -4.45. The molecule has 0 bridgehead atoms. The predicted octanol–water partition coefficient (Wildman–Crippen LogP) is 4.78. The highest BCUT2D eigenvalue weighted by Crippen LogP contribution is 2.32. The smallest absolute Gasteiger partial charge is 0.416 e. The van der Waals surface area contributed by atoms with Crippen LogP contribution in [0.3, 0.4) is 0 Å². The summed E-state index contributed by atoms with van der Waals surface area (Å²) in [6.07, 6.45) is 0.383. The number of methoxy groups -OCH3 is 1. The van der Waals surface area contributed by atoms with Gasteiger partial charge in [-0.05, 0) is 42.7 Å². The largest absolute Gasteiger partial charge is 0.497 e. The number of hydrogen-bond acceptors (Lipinski definition) is 4. The van der Waals surface area contributed by atoms with Crippen LogP contribution in [0, 0.1) is 0 Å². The van der Waals surface area contributed by atoms with E-state index in [1.165, 1.54) is 25.4 Å². The first-order chi connectivity index (χ1) is 16.3. The first-order valence-electron chi connectivity index (χ1n) is 11.0. The van der Waals surface area contributed by atoms with Crippen molar-refractivity contribution in [3.8, 4) is 5.75 Å². The van der Waals surface area contributed by atoms with Gasteiger partial charge in [-0.1, -0.05) is 24.3 Å². The number of amides is 1. The summed E-state index contributed by atoms with van der Waals surface area (Å²) in [6, 6.07) is 12.3. The van der Waals surface area contributed by atoms with Gasteiger partial charge in [-0.25, -0.2) is 4.98 Å². The van der Waals surface area contributed by atoms with Crippen LogP contribution in [0.25, 0.3) is 0 Å². The number of alkyl halides is 3. The number of hydrogen-bond donors (Lipinski definition) is 0. The van der Waals surface area contributed by atoms with Crippen molar-refractivity contribution in [1.82, 2.24) is 14.5 Å². The van der Waals surface area contributed by atoms with Gasteiger partial charge in [0.25, 0.3) is 5.91 Å². The number of imidazole rings is 1. The van der Waals surface area contributed by atoms with E-state index in [2.05, 4.69) is 4.98 Å². The molecule has 1 unspecified atom stereocenters. The Bertz CT molecular complexity index is 1120.